The van der Waals surface area contributed by atoms with Crippen molar-refractivity contribution >= 4 is 0 Å². The number of nitriles is 1. The molecule has 0 radical (unpaired) electrons. The van der Waals surface area contributed by atoms with Crippen LogP contribution in [0.4, 0.5) is 0 Å². The van der Waals surface area contributed by atoms with Crippen LogP contribution in [-0.2, 0) is 0 Å². The fourth-order valence-electron chi connectivity index (χ4n) is 1.15. The van der Waals surface area contributed by atoms with Gasteiger partial charge in [0.25, 0.3) is 0 Å². The van der Waals surface area contributed by atoms with E-state index < -0.39 is 0 Å². The first kappa shape index (κ1) is 9.40. The molecule has 0 aliphatic rings. The Kier molecular flexibility index (Phi) is 2.76. The summed E-state index contributed by atoms with van der Waals surface area (Å²) in [5.74, 6) is 1.35. The Morgan fingerprint density at radius 3 is 1.92 bits per heavy atom. The Labute approximate surface area is 77.5 Å². The summed E-state index contributed by atoms with van der Waals surface area (Å²) in [6, 6.07) is 5.43. The minimum atomic E-state index is 0.541. The van der Waals surface area contributed by atoms with Gasteiger partial charge in [0, 0.05) is 5.56 Å². The van der Waals surface area contributed by atoms with Gasteiger partial charge in [-0.25, -0.2) is 0 Å². The van der Waals surface area contributed by atoms with Gasteiger partial charge < -0.3 is 9.47 Å². The molecule has 1 rings (SSSR count). The molecule has 68 valence electrons. The summed E-state index contributed by atoms with van der Waals surface area (Å²) in [6.45, 7) is 1.89. The van der Waals surface area contributed by atoms with Crippen molar-refractivity contribution in [3.8, 4) is 17.6 Å². The largest absolute Gasteiger partial charge is 0.496 e. The fraction of sp³-hybridized carbons (Fsp3) is 0.300. The number of nitrogens with zero attached hydrogens (tertiary/aromatic N) is 1. The Hall–Kier alpha value is -1.69. The molecule has 0 saturated heterocycles. The average Bonchev–Trinajstić information content (AvgIpc) is 2.18. The van der Waals surface area contributed by atoms with E-state index in [-0.39, 0.29) is 0 Å². The lowest BCUT2D eigenvalue weighted by Gasteiger charge is -2.09. The second kappa shape index (κ2) is 3.81. The third-order valence-corrected chi connectivity index (χ3v) is 1.88. The van der Waals surface area contributed by atoms with Crippen LogP contribution in [0.15, 0.2) is 12.1 Å². The molecule has 0 aliphatic heterocycles. The van der Waals surface area contributed by atoms with E-state index in [0.29, 0.717) is 17.1 Å². The van der Waals surface area contributed by atoms with Crippen LogP contribution in [0.2, 0.25) is 0 Å². The highest BCUT2D eigenvalue weighted by atomic mass is 16.5. The molecule has 13 heavy (non-hydrogen) atoms. The lowest BCUT2D eigenvalue weighted by atomic mass is 10.1. The molecular formula is C10H11NO2. The molecule has 3 heteroatoms. The van der Waals surface area contributed by atoms with Gasteiger partial charge in [0.2, 0.25) is 0 Å². The van der Waals surface area contributed by atoms with Gasteiger partial charge in [0.1, 0.15) is 11.5 Å². The summed E-state index contributed by atoms with van der Waals surface area (Å²) in [4.78, 5) is 0. The number of hydrogen-bond donors (Lipinski definition) is 0. The molecule has 0 spiro atoms. The van der Waals surface area contributed by atoms with Gasteiger partial charge in [-0.3, -0.25) is 0 Å². The zero-order chi connectivity index (χ0) is 9.84. The zero-order valence-corrected chi connectivity index (χ0v) is 7.92. The molecule has 0 aromatic heterocycles. The number of rotatable bonds is 2. The van der Waals surface area contributed by atoms with Crippen molar-refractivity contribution in [3.05, 3.63) is 23.3 Å². The van der Waals surface area contributed by atoms with Gasteiger partial charge >= 0.3 is 0 Å². The Morgan fingerprint density at radius 1 is 1.15 bits per heavy atom. The zero-order valence-electron chi connectivity index (χ0n) is 7.92. The molecule has 0 saturated carbocycles. The molecule has 3 nitrogen and oxygen atoms in total. The molecule has 0 heterocycles. The lowest BCUT2D eigenvalue weighted by Crippen LogP contribution is -1.93. The van der Waals surface area contributed by atoms with Crippen LogP contribution in [0.3, 0.4) is 0 Å². The van der Waals surface area contributed by atoms with Crippen LogP contribution in [-0.4, -0.2) is 14.2 Å². The lowest BCUT2D eigenvalue weighted by molar-refractivity contribution is 0.388. The molecule has 0 atom stereocenters. The standard InChI is InChI=1S/C10H11NO2/c1-7-9(12-2)4-8(6-11)5-10(7)13-3/h4-5H,1-3H3. The van der Waals surface area contributed by atoms with Crippen molar-refractivity contribution in [1.82, 2.24) is 0 Å². The van der Waals surface area contributed by atoms with Crippen molar-refractivity contribution in [3.63, 3.8) is 0 Å². The van der Waals surface area contributed by atoms with Crippen molar-refractivity contribution in [2.45, 2.75) is 6.92 Å². The Morgan fingerprint density at radius 2 is 1.62 bits per heavy atom. The van der Waals surface area contributed by atoms with Gasteiger partial charge in [-0.1, -0.05) is 0 Å². The minimum Gasteiger partial charge on any atom is -0.496 e. The summed E-state index contributed by atoms with van der Waals surface area (Å²) < 4.78 is 10.2. The second-order valence-electron chi connectivity index (χ2n) is 2.62. The van der Waals surface area contributed by atoms with E-state index in [1.807, 2.05) is 13.0 Å². The van der Waals surface area contributed by atoms with Crippen molar-refractivity contribution in [2.24, 2.45) is 0 Å². The Bertz CT molecular complexity index is 327. The minimum absolute atomic E-state index is 0.541. The van der Waals surface area contributed by atoms with Crippen molar-refractivity contribution < 1.29 is 9.47 Å². The van der Waals surface area contributed by atoms with E-state index >= 15 is 0 Å². The summed E-state index contributed by atoms with van der Waals surface area (Å²) >= 11 is 0. The van der Waals surface area contributed by atoms with Crippen LogP contribution in [0, 0.1) is 18.3 Å². The molecule has 0 unspecified atom stereocenters. The van der Waals surface area contributed by atoms with Crippen molar-refractivity contribution in [1.29, 1.82) is 5.26 Å². The topological polar surface area (TPSA) is 42.2 Å². The van der Waals surface area contributed by atoms with E-state index in [2.05, 4.69) is 0 Å². The third kappa shape index (κ3) is 1.73. The highest BCUT2D eigenvalue weighted by Gasteiger charge is 2.07. The van der Waals surface area contributed by atoms with Gasteiger partial charge in [-0.2, -0.15) is 5.26 Å². The van der Waals surface area contributed by atoms with E-state index in [1.54, 1.807) is 26.4 Å². The van der Waals surface area contributed by atoms with Crippen LogP contribution < -0.4 is 9.47 Å². The van der Waals surface area contributed by atoms with Crippen LogP contribution >= 0.6 is 0 Å². The monoisotopic (exact) mass is 177 g/mol. The second-order valence-corrected chi connectivity index (χ2v) is 2.62. The summed E-state index contributed by atoms with van der Waals surface area (Å²) in [5, 5.41) is 8.71. The van der Waals surface area contributed by atoms with Crippen LogP contribution in [0.1, 0.15) is 11.1 Å². The van der Waals surface area contributed by atoms with E-state index in [0.717, 1.165) is 5.56 Å². The molecule has 1 aromatic carbocycles. The predicted molar refractivity (Wildman–Crippen MR) is 49.0 cm³/mol. The first-order chi connectivity index (χ1) is 6.22. The number of methoxy groups -OCH3 is 2. The maximum absolute atomic E-state index is 8.71. The van der Waals surface area contributed by atoms with Gasteiger partial charge in [-0.15, -0.1) is 0 Å². The third-order valence-electron chi connectivity index (χ3n) is 1.88. The fourth-order valence-corrected chi connectivity index (χ4v) is 1.15. The summed E-state index contributed by atoms with van der Waals surface area (Å²) in [6.07, 6.45) is 0. The van der Waals surface area contributed by atoms with Crippen molar-refractivity contribution in [2.75, 3.05) is 14.2 Å². The molecular weight excluding hydrogens is 166 g/mol. The number of hydrogen-bond acceptors (Lipinski definition) is 3. The first-order valence-corrected chi connectivity index (χ1v) is 3.85. The Balaban J connectivity index is 3.30. The molecule has 0 bridgehead atoms. The smallest absolute Gasteiger partial charge is 0.126 e. The normalized spacial score (nSPS) is 9.08. The highest BCUT2D eigenvalue weighted by molar-refractivity contribution is 5.50. The highest BCUT2D eigenvalue weighted by Crippen LogP contribution is 2.28. The summed E-state index contributed by atoms with van der Waals surface area (Å²) in [7, 11) is 3.14. The SMILES string of the molecule is COc1cc(C#N)cc(OC)c1C. The van der Waals surface area contributed by atoms with E-state index in [9.17, 15) is 0 Å². The maximum atomic E-state index is 8.71. The molecule has 1 aromatic rings. The molecule has 0 fully saturated rings. The van der Waals surface area contributed by atoms with Gasteiger partial charge in [-0.05, 0) is 19.1 Å². The predicted octanol–water partition coefficient (Wildman–Crippen LogP) is 1.88. The van der Waals surface area contributed by atoms with E-state index in [4.69, 9.17) is 14.7 Å². The average molecular weight is 177 g/mol. The van der Waals surface area contributed by atoms with E-state index in [1.165, 1.54) is 0 Å². The quantitative estimate of drug-likeness (QED) is 0.692. The van der Waals surface area contributed by atoms with Crippen LogP contribution in [0.5, 0.6) is 11.5 Å². The molecule has 0 N–H and O–H groups in total. The molecule has 0 amide bonds. The van der Waals surface area contributed by atoms with Gasteiger partial charge in [0.15, 0.2) is 0 Å². The first-order valence-electron chi connectivity index (χ1n) is 3.85. The maximum Gasteiger partial charge on any atom is 0.126 e. The van der Waals surface area contributed by atoms with Crippen LogP contribution in [0.25, 0.3) is 0 Å². The molecule has 0 aliphatic carbocycles. The van der Waals surface area contributed by atoms with Gasteiger partial charge in [0.05, 0.1) is 25.9 Å². The number of benzene rings is 1. The number of ether oxygens (including phenoxy) is 2. The summed E-state index contributed by atoms with van der Waals surface area (Å²) in [5.41, 5.74) is 1.45.